The van der Waals surface area contributed by atoms with Crippen molar-refractivity contribution in [1.82, 2.24) is 4.98 Å². The molecule has 3 rings (SSSR count). The first kappa shape index (κ1) is 13.7. The lowest BCUT2D eigenvalue weighted by Crippen LogP contribution is -1.93. The van der Waals surface area contributed by atoms with Gasteiger partial charge in [-0.05, 0) is 55.8 Å². The van der Waals surface area contributed by atoms with Crippen LogP contribution in [0.25, 0.3) is 10.8 Å². The number of nitrogens with zero attached hydrogens (tertiary/aromatic N) is 1. The van der Waals surface area contributed by atoms with Gasteiger partial charge in [0.15, 0.2) is 0 Å². The zero-order valence-electron chi connectivity index (χ0n) is 11.9. The van der Waals surface area contributed by atoms with E-state index in [1.165, 1.54) is 0 Å². The van der Waals surface area contributed by atoms with Crippen LogP contribution in [0, 0.1) is 13.8 Å². The molecular weight excluding hydrogens is 284 g/mol. The molecule has 0 bridgehead atoms. The molecule has 0 atom stereocenters. The van der Waals surface area contributed by atoms with Crippen LogP contribution in [0.1, 0.15) is 11.3 Å². The minimum absolute atomic E-state index is 0.692. The van der Waals surface area contributed by atoms with Crippen molar-refractivity contribution < 1.29 is 4.74 Å². The Bertz CT molecular complexity index is 830. The van der Waals surface area contributed by atoms with Crippen LogP contribution < -0.4 is 10.5 Å². The van der Waals surface area contributed by atoms with Gasteiger partial charge in [-0.1, -0.05) is 11.6 Å². The molecule has 0 saturated carbocycles. The fourth-order valence-electron chi connectivity index (χ4n) is 2.27. The van der Waals surface area contributed by atoms with Crippen molar-refractivity contribution in [1.29, 1.82) is 0 Å². The summed E-state index contributed by atoms with van der Waals surface area (Å²) in [7, 11) is 0. The average molecular weight is 299 g/mol. The van der Waals surface area contributed by atoms with Gasteiger partial charge in [-0.3, -0.25) is 4.98 Å². The maximum Gasteiger partial charge on any atom is 0.135 e. The predicted octanol–water partition coefficient (Wildman–Crippen LogP) is 4.88. The van der Waals surface area contributed by atoms with Crippen molar-refractivity contribution in [3.8, 4) is 11.5 Å². The Kier molecular flexibility index (Phi) is 3.43. The highest BCUT2D eigenvalue weighted by atomic mass is 35.5. The second kappa shape index (κ2) is 5.26. The van der Waals surface area contributed by atoms with E-state index >= 15 is 0 Å². The summed E-state index contributed by atoms with van der Waals surface area (Å²) in [6.45, 7) is 3.91. The van der Waals surface area contributed by atoms with Crippen molar-refractivity contribution in [3.63, 3.8) is 0 Å². The monoisotopic (exact) mass is 298 g/mol. The van der Waals surface area contributed by atoms with Crippen molar-refractivity contribution in [2.75, 3.05) is 5.73 Å². The van der Waals surface area contributed by atoms with Gasteiger partial charge in [0.1, 0.15) is 11.5 Å². The number of rotatable bonds is 2. The highest BCUT2D eigenvalue weighted by molar-refractivity contribution is 6.30. The highest BCUT2D eigenvalue weighted by Gasteiger charge is 2.09. The predicted molar refractivity (Wildman–Crippen MR) is 87.2 cm³/mol. The van der Waals surface area contributed by atoms with Crippen molar-refractivity contribution in [3.05, 3.63) is 58.9 Å². The van der Waals surface area contributed by atoms with E-state index in [-0.39, 0.29) is 0 Å². The molecule has 0 unspecified atom stereocenters. The standard InChI is InChI=1S/C17H15ClN2O/c1-10-7-12(18)3-5-16(10)21-17-6-4-15(19)14-9-20-11(2)8-13(14)17/h3-9H,19H2,1-2H3. The van der Waals surface area contributed by atoms with Crippen LogP contribution in [0.5, 0.6) is 11.5 Å². The number of hydrogen-bond acceptors (Lipinski definition) is 3. The van der Waals surface area contributed by atoms with Gasteiger partial charge in [0.25, 0.3) is 0 Å². The zero-order valence-corrected chi connectivity index (χ0v) is 12.6. The Hall–Kier alpha value is -2.26. The molecule has 0 radical (unpaired) electrons. The molecule has 2 aromatic carbocycles. The zero-order chi connectivity index (χ0) is 15.0. The number of nitrogen functional groups attached to an aromatic ring is 1. The van der Waals surface area contributed by atoms with Gasteiger partial charge in [-0.15, -0.1) is 0 Å². The lowest BCUT2D eigenvalue weighted by atomic mass is 10.1. The van der Waals surface area contributed by atoms with Gasteiger partial charge in [-0.25, -0.2) is 0 Å². The Balaban J connectivity index is 2.12. The van der Waals surface area contributed by atoms with Gasteiger partial charge < -0.3 is 10.5 Å². The summed E-state index contributed by atoms with van der Waals surface area (Å²) in [5, 5.41) is 2.55. The average Bonchev–Trinajstić information content (AvgIpc) is 2.44. The van der Waals surface area contributed by atoms with E-state index in [2.05, 4.69) is 4.98 Å². The topological polar surface area (TPSA) is 48.1 Å². The van der Waals surface area contributed by atoms with Crippen LogP contribution >= 0.6 is 11.6 Å². The first-order chi connectivity index (χ1) is 10.0. The number of nitrogens with two attached hydrogens (primary N) is 1. The van der Waals surface area contributed by atoms with Crippen LogP contribution in [0.15, 0.2) is 42.6 Å². The summed E-state index contributed by atoms with van der Waals surface area (Å²) in [5.74, 6) is 1.54. The summed E-state index contributed by atoms with van der Waals surface area (Å²) in [5.41, 5.74) is 8.60. The van der Waals surface area contributed by atoms with Crippen LogP contribution in [0.2, 0.25) is 5.02 Å². The molecule has 21 heavy (non-hydrogen) atoms. The van der Waals surface area contributed by atoms with E-state index in [0.717, 1.165) is 33.5 Å². The van der Waals surface area contributed by atoms with Gasteiger partial charge in [0.2, 0.25) is 0 Å². The maximum absolute atomic E-state index is 6.05. The van der Waals surface area contributed by atoms with E-state index in [0.29, 0.717) is 10.7 Å². The summed E-state index contributed by atoms with van der Waals surface area (Å²) in [6, 6.07) is 11.3. The third-order valence-corrected chi connectivity index (χ3v) is 3.62. The van der Waals surface area contributed by atoms with Gasteiger partial charge in [0.05, 0.1) is 0 Å². The largest absolute Gasteiger partial charge is 0.456 e. The highest BCUT2D eigenvalue weighted by Crippen LogP contribution is 2.34. The Labute approximate surface area is 128 Å². The third-order valence-electron chi connectivity index (χ3n) is 3.39. The number of benzene rings is 2. The van der Waals surface area contributed by atoms with E-state index in [1.807, 2.05) is 50.2 Å². The lowest BCUT2D eigenvalue weighted by Gasteiger charge is -2.12. The number of halogens is 1. The first-order valence-electron chi connectivity index (χ1n) is 6.63. The molecule has 2 N–H and O–H groups in total. The SMILES string of the molecule is Cc1cc2c(Oc3ccc(Cl)cc3C)ccc(N)c2cn1. The van der Waals surface area contributed by atoms with Gasteiger partial charge in [0, 0.05) is 33.4 Å². The molecule has 0 aliphatic rings. The van der Waals surface area contributed by atoms with E-state index in [1.54, 1.807) is 6.20 Å². The third kappa shape index (κ3) is 2.65. The molecule has 1 heterocycles. The Morgan fingerprint density at radius 2 is 1.76 bits per heavy atom. The molecule has 0 aliphatic carbocycles. The number of aryl methyl sites for hydroxylation is 2. The summed E-state index contributed by atoms with van der Waals surface area (Å²) in [4.78, 5) is 4.29. The maximum atomic E-state index is 6.05. The van der Waals surface area contributed by atoms with Crippen LogP contribution in [-0.2, 0) is 0 Å². The molecule has 106 valence electrons. The fourth-order valence-corrected chi connectivity index (χ4v) is 2.50. The van der Waals surface area contributed by atoms with Crippen molar-refractivity contribution in [2.45, 2.75) is 13.8 Å². The normalized spacial score (nSPS) is 10.8. The number of anilines is 1. The second-order valence-electron chi connectivity index (χ2n) is 5.04. The summed E-state index contributed by atoms with van der Waals surface area (Å²) < 4.78 is 6.05. The molecule has 0 saturated heterocycles. The lowest BCUT2D eigenvalue weighted by molar-refractivity contribution is 0.484. The molecule has 0 amide bonds. The van der Waals surface area contributed by atoms with Crippen molar-refractivity contribution >= 4 is 28.1 Å². The van der Waals surface area contributed by atoms with E-state index in [9.17, 15) is 0 Å². The fraction of sp³-hybridized carbons (Fsp3) is 0.118. The minimum atomic E-state index is 0.692. The molecule has 3 aromatic rings. The van der Waals surface area contributed by atoms with E-state index < -0.39 is 0 Å². The smallest absolute Gasteiger partial charge is 0.135 e. The van der Waals surface area contributed by atoms with Gasteiger partial charge in [-0.2, -0.15) is 0 Å². The molecule has 0 spiro atoms. The number of ether oxygens (including phenoxy) is 1. The number of fused-ring (bicyclic) bond motifs is 1. The molecular formula is C17H15ClN2O. The molecule has 0 aliphatic heterocycles. The second-order valence-corrected chi connectivity index (χ2v) is 5.47. The number of aromatic nitrogens is 1. The molecule has 0 fully saturated rings. The number of hydrogen-bond donors (Lipinski definition) is 1. The van der Waals surface area contributed by atoms with Gasteiger partial charge >= 0.3 is 0 Å². The summed E-state index contributed by atoms with van der Waals surface area (Å²) >= 11 is 5.98. The Morgan fingerprint density at radius 3 is 2.52 bits per heavy atom. The summed E-state index contributed by atoms with van der Waals surface area (Å²) in [6.07, 6.45) is 1.78. The van der Waals surface area contributed by atoms with Crippen LogP contribution in [0.3, 0.4) is 0 Å². The first-order valence-corrected chi connectivity index (χ1v) is 7.01. The minimum Gasteiger partial charge on any atom is -0.456 e. The Morgan fingerprint density at radius 1 is 1.00 bits per heavy atom. The molecule has 3 nitrogen and oxygen atoms in total. The molecule has 4 heteroatoms. The quantitative estimate of drug-likeness (QED) is 0.686. The van der Waals surface area contributed by atoms with Crippen molar-refractivity contribution in [2.24, 2.45) is 0 Å². The van der Waals surface area contributed by atoms with Crippen LogP contribution in [-0.4, -0.2) is 4.98 Å². The molecule has 1 aromatic heterocycles. The van der Waals surface area contributed by atoms with E-state index in [4.69, 9.17) is 22.1 Å². The van der Waals surface area contributed by atoms with Crippen LogP contribution in [0.4, 0.5) is 5.69 Å². The number of pyridine rings is 1.